The minimum absolute atomic E-state index is 0.149. The predicted octanol–water partition coefficient (Wildman–Crippen LogP) is 2.26. The highest BCUT2D eigenvalue weighted by Gasteiger charge is 2.28. The van der Waals surface area contributed by atoms with Crippen LogP contribution in [0.1, 0.15) is 31.0 Å². The molecule has 29 heavy (non-hydrogen) atoms. The molecule has 1 saturated heterocycles. The maximum absolute atomic E-state index is 11.9. The molecule has 1 aliphatic carbocycles. The summed E-state index contributed by atoms with van der Waals surface area (Å²) in [6, 6.07) is 8.19. The molecule has 3 N–H and O–H groups in total. The fourth-order valence-electron chi connectivity index (χ4n) is 3.84. The van der Waals surface area contributed by atoms with Crippen molar-refractivity contribution in [2.75, 3.05) is 30.0 Å². The third-order valence-corrected chi connectivity index (χ3v) is 5.62. The van der Waals surface area contributed by atoms with Gasteiger partial charge in [0.2, 0.25) is 0 Å². The van der Waals surface area contributed by atoms with E-state index in [0.29, 0.717) is 12.6 Å². The number of benzene rings is 1. The molecule has 0 unspecified atom stereocenters. The molecule has 8 heteroatoms. The average molecular weight is 394 g/mol. The van der Waals surface area contributed by atoms with Crippen molar-refractivity contribution in [2.24, 2.45) is 0 Å². The first-order valence-corrected chi connectivity index (χ1v) is 10.3. The molecule has 0 spiro atoms. The highest BCUT2D eigenvalue weighted by molar-refractivity contribution is 5.89. The number of carbonyl (C=O) groups is 1. The molecule has 0 bridgehead atoms. The van der Waals surface area contributed by atoms with Crippen LogP contribution in [-0.2, 0) is 17.8 Å². The minimum Gasteiger partial charge on any atom is -0.377 e. The van der Waals surface area contributed by atoms with Crippen LogP contribution in [0.2, 0.25) is 0 Å². The summed E-state index contributed by atoms with van der Waals surface area (Å²) in [5.74, 6) is 1.73. The zero-order chi connectivity index (χ0) is 19.8. The zero-order valence-corrected chi connectivity index (χ0v) is 16.6. The Morgan fingerprint density at radius 1 is 1.21 bits per heavy atom. The third kappa shape index (κ3) is 3.90. The van der Waals surface area contributed by atoms with E-state index in [1.807, 2.05) is 24.3 Å². The second-order valence-electron chi connectivity index (χ2n) is 7.97. The molecule has 1 atom stereocenters. The number of hydrogen-bond acceptors (Lipinski definition) is 6. The number of amides is 2. The molecule has 152 valence electrons. The van der Waals surface area contributed by atoms with Crippen molar-refractivity contribution in [1.82, 2.24) is 20.6 Å². The first-order chi connectivity index (χ1) is 14.2. The Morgan fingerprint density at radius 2 is 2.03 bits per heavy atom. The SMILES string of the molecule is C[C@@H]1COCCN1c1nc(-c2ccc(NC(=O)NC3CC3)cc2)nc2c1CNC2. The van der Waals surface area contributed by atoms with Crippen LogP contribution in [0.5, 0.6) is 0 Å². The lowest BCUT2D eigenvalue weighted by Gasteiger charge is -2.35. The summed E-state index contributed by atoms with van der Waals surface area (Å²) in [4.78, 5) is 24.0. The highest BCUT2D eigenvalue weighted by Crippen LogP contribution is 2.30. The monoisotopic (exact) mass is 394 g/mol. The predicted molar refractivity (Wildman–Crippen MR) is 111 cm³/mol. The van der Waals surface area contributed by atoms with Crippen LogP contribution in [0.15, 0.2) is 24.3 Å². The van der Waals surface area contributed by atoms with E-state index in [9.17, 15) is 4.79 Å². The molecule has 3 heterocycles. The molecule has 1 aromatic heterocycles. The van der Waals surface area contributed by atoms with Gasteiger partial charge in [0.25, 0.3) is 0 Å². The van der Waals surface area contributed by atoms with Crippen LogP contribution in [0.25, 0.3) is 11.4 Å². The van der Waals surface area contributed by atoms with Gasteiger partial charge in [0.15, 0.2) is 5.82 Å². The Balaban J connectivity index is 1.40. The Hall–Kier alpha value is -2.71. The largest absolute Gasteiger partial charge is 0.377 e. The van der Waals surface area contributed by atoms with Crippen LogP contribution in [-0.4, -0.2) is 47.8 Å². The van der Waals surface area contributed by atoms with E-state index in [1.54, 1.807) is 0 Å². The Kier molecular flexibility index (Phi) is 4.81. The fraction of sp³-hybridized carbons (Fsp3) is 0.476. The number of nitrogens with zero attached hydrogens (tertiary/aromatic N) is 3. The number of anilines is 2. The van der Waals surface area contributed by atoms with Gasteiger partial charge in [0, 0.05) is 42.5 Å². The number of fused-ring (bicyclic) bond motifs is 1. The molecule has 8 nitrogen and oxygen atoms in total. The summed E-state index contributed by atoms with van der Waals surface area (Å²) in [5, 5.41) is 9.20. The number of aromatic nitrogens is 2. The van der Waals surface area contributed by atoms with E-state index in [4.69, 9.17) is 14.7 Å². The Labute approximate surface area is 170 Å². The summed E-state index contributed by atoms with van der Waals surface area (Å²) in [7, 11) is 0. The van der Waals surface area contributed by atoms with E-state index in [-0.39, 0.29) is 12.1 Å². The van der Waals surface area contributed by atoms with Crippen LogP contribution in [0.4, 0.5) is 16.3 Å². The summed E-state index contributed by atoms with van der Waals surface area (Å²) >= 11 is 0. The molecule has 1 aromatic carbocycles. The highest BCUT2D eigenvalue weighted by atomic mass is 16.5. The molecule has 0 radical (unpaired) electrons. The van der Waals surface area contributed by atoms with Crippen LogP contribution in [0.3, 0.4) is 0 Å². The van der Waals surface area contributed by atoms with E-state index < -0.39 is 0 Å². The van der Waals surface area contributed by atoms with Crippen molar-refractivity contribution in [1.29, 1.82) is 0 Å². The second kappa shape index (κ2) is 7.61. The first-order valence-electron chi connectivity index (χ1n) is 10.3. The van der Waals surface area contributed by atoms with E-state index >= 15 is 0 Å². The third-order valence-electron chi connectivity index (χ3n) is 5.62. The van der Waals surface area contributed by atoms with Crippen molar-refractivity contribution in [3.05, 3.63) is 35.5 Å². The normalized spacial score (nSPS) is 21.0. The molecular weight excluding hydrogens is 368 g/mol. The van der Waals surface area contributed by atoms with Gasteiger partial charge in [0.1, 0.15) is 5.82 Å². The van der Waals surface area contributed by atoms with Crippen LogP contribution in [0, 0.1) is 0 Å². The van der Waals surface area contributed by atoms with Gasteiger partial charge in [-0.3, -0.25) is 0 Å². The van der Waals surface area contributed by atoms with Crippen LogP contribution < -0.4 is 20.9 Å². The van der Waals surface area contributed by atoms with Gasteiger partial charge in [-0.2, -0.15) is 0 Å². The zero-order valence-electron chi connectivity index (χ0n) is 16.6. The molecule has 2 aromatic rings. The van der Waals surface area contributed by atoms with E-state index in [2.05, 4.69) is 27.8 Å². The average Bonchev–Trinajstić information content (AvgIpc) is 3.40. The van der Waals surface area contributed by atoms with Crippen molar-refractivity contribution >= 4 is 17.5 Å². The Morgan fingerprint density at radius 3 is 2.79 bits per heavy atom. The van der Waals surface area contributed by atoms with Gasteiger partial charge < -0.3 is 25.6 Å². The van der Waals surface area contributed by atoms with Crippen LogP contribution >= 0.6 is 0 Å². The lowest BCUT2D eigenvalue weighted by atomic mass is 10.1. The van der Waals surface area contributed by atoms with E-state index in [0.717, 1.165) is 67.7 Å². The number of nitrogens with one attached hydrogen (secondary N) is 3. The first kappa shape index (κ1) is 18.3. The number of ether oxygens (including phenoxy) is 1. The molecule has 2 fully saturated rings. The number of urea groups is 1. The molecule has 2 amide bonds. The molecule has 5 rings (SSSR count). The van der Waals surface area contributed by atoms with Crippen molar-refractivity contribution in [3.8, 4) is 11.4 Å². The van der Waals surface area contributed by atoms with Crippen molar-refractivity contribution < 1.29 is 9.53 Å². The lowest BCUT2D eigenvalue weighted by Crippen LogP contribution is -2.44. The molecular formula is C21H26N6O2. The van der Waals surface area contributed by atoms with Crippen molar-refractivity contribution in [3.63, 3.8) is 0 Å². The number of rotatable bonds is 4. The summed E-state index contributed by atoms with van der Waals surface area (Å²) in [5.41, 5.74) is 3.96. The fourth-order valence-corrected chi connectivity index (χ4v) is 3.84. The molecule has 3 aliphatic rings. The number of carbonyl (C=O) groups excluding carboxylic acids is 1. The second-order valence-corrected chi connectivity index (χ2v) is 7.97. The standard InChI is InChI=1S/C21H26N6O2/c1-13-12-29-9-8-27(13)20-17-10-22-11-18(17)25-19(26-20)14-2-4-15(5-3-14)23-21(28)24-16-6-7-16/h2-5,13,16,22H,6-12H2,1H3,(H2,23,24,28)/t13-/m1/s1. The maximum Gasteiger partial charge on any atom is 0.319 e. The summed E-state index contributed by atoms with van der Waals surface area (Å²) in [6.07, 6.45) is 2.14. The summed E-state index contributed by atoms with van der Waals surface area (Å²) in [6.45, 7) is 6.00. The van der Waals surface area contributed by atoms with Gasteiger partial charge >= 0.3 is 6.03 Å². The number of hydrogen-bond donors (Lipinski definition) is 3. The van der Waals surface area contributed by atoms with Gasteiger partial charge in [0.05, 0.1) is 24.9 Å². The Bertz CT molecular complexity index is 912. The smallest absolute Gasteiger partial charge is 0.319 e. The quantitative estimate of drug-likeness (QED) is 0.737. The van der Waals surface area contributed by atoms with Gasteiger partial charge in [-0.25, -0.2) is 14.8 Å². The van der Waals surface area contributed by atoms with Gasteiger partial charge in [-0.05, 0) is 44.0 Å². The van der Waals surface area contributed by atoms with E-state index in [1.165, 1.54) is 5.56 Å². The number of morpholine rings is 1. The molecule has 1 saturated carbocycles. The maximum atomic E-state index is 11.9. The van der Waals surface area contributed by atoms with Gasteiger partial charge in [-0.1, -0.05) is 0 Å². The van der Waals surface area contributed by atoms with Crippen molar-refractivity contribution in [2.45, 2.75) is 44.9 Å². The van der Waals surface area contributed by atoms with Gasteiger partial charge in [-0.15, -0.1) is 0 Å². The minimum atomic E-state index is -0.149. The molecule has 2 aliphatic heterocycles. The topological polar surface area (TPSA) is 91.4 Å². The summed E-state index contributed by atoms with van der Waals surface area (Å²) < 4.78 is 5.60. The lowest BCUT2D eigenvalue weighted by molar-refractivity contribution is 0.0984.